The number of carbonyl (C=O) groups excluding carboxylic acids is 1. The van der Waals surface area contributed by atoms with Crippen LogP contribution in [0.1, 0.15) is 32.4 Å². The number of hydrogen-bond acceptors (Lipinski definition) is 6. The molecule has 0 radical (unpaired) electrons. The summed E-state index contributed by atoms with van der Waals surface area (Å²) in [7, 11) is 0. The minimum Gasteiger partial charge on any atom is -0.444 e. The molecule has 0 bridgehead atoms. The Kier molecular flexibility index (Phi) is 5.66. The van der Waals surface area contributed by atoms with Gasteiger partial charge in [-0.3, -0.25) is 0 Å². The van der Waals surface area contributed by atoms with Crippen LogP contribution in [-0.2, 0) is 4.74 Å². The fourth-order valence-corrected chi connectivity index (χ4v) is 2.12. The zero-order valence-electron chi connectivity index (χ0n) is 13.3. The van der Waals surface area contributed by atoms with E-state index in [0.29, 0.717) is 43.6 Å². The number of anilines is 1. The third-order valence-electron chi connectivity index (χ3n) is 3.04. The molecule has 1 saturated heterocycles. The maximum absolute atomic E-state index is 12.0. The summed E-state index contributed by atoms with van der Waals surface area (Å²) in [4.78, 5) is 19.6. The number of hydrogen-bond donors (Lipinski definition) is 0. The van der Waals surface area contributed by atoms with Gasteiger partial charge in [0.1, 0.15) is 11.7 Å². The summed E-state index contributed by atoms with van der Waals surface area (Å²) in [5, 5.41) is 9.05. The molecule has 0 unspecified atom stereocenters. The predicted molar refractivity (Wildman–Crippen MR) is 83.2 cm³/mol. The van der Waals surface area contributed by atoms with Gasteiger partial charge in [-0.2, -0.15) is 5.26 Å². The minimum absolute atomic E-state index is 0. The Labute approximate surface area is 136 Å². The zero-order valence-corrected chi connectivity index (χ0v) is 14.1. The highest BCUT2D eigenvalue weighted by Gasteiger charge is 2.28. The highest BCUT2D eigenvalue weighted by Crippen LogP contribution is 2.23. The Morgan fingerprint density at radius 1 is 1.32 bits per heavy atom. The van der Waals surface area contributed by atoms with Crippen molar-refractivity contribution in [3.05, 3.63) is 11.6 Å². The number of carbonyl (C=O) groups is 1. The number of nitrogens with zero attached hydrogens (tertiary/aromatic N) is 4. The van der Waals surface area contributed by atoms with Crippen molar-refractivity contribution < 1.29 is 13.9 Å². The number of halogens is 1. The van der Waals surface area contributed by atoms with E-state index in [1.807, 2.05) is 31.7 Å². The Morgan fingerprint density at radius 3 is 2.41 bits per heavy atom. The first-order valence-electron chi connectivity index (χ1n) is 6.90. The van der Waals surface area contributed by atoms with E-state index >= 15 is 0 Å². The fraction of sp³-hybridized carbons (Fsp3) is 0.643. The molecule has 1 aliphatic rings. The molecule has 1 aromatic heterocycles. The minimum atomic E-state index is -0.496. The lowest BCUT2D eigenvalue weighted by atomic mass is 10.2. The van der Waals surface area contributed by atoms with Gasteiger partial charge in [-0.15, -0.1) is 12.4 Å². The molecule has 0 N–H and O–H groups in total. The number of oxazole rings is 1. The van der Waals surface area contributed by atoms with Crippen molar-refractivity contribution in [1.29, 1.82) is 5.26 Å². The molecule has 2 heterocycles. The first kappa shape index (κ1) is 18.1. The number of amides is 1. The normalized spacial score (nSPS) is 15.0. The summed E-state index contributed by atoms with van der Waals surface area (Å²) in [5.74, 6) is 0.954. The van der Waals surface area contributed by atoms with E-state index in [9.17, 15) is 4.79 Å². The number of aromatic nitrogens is 1. The van der Waals surface area contributed by atoms with E-state index < -0.39 is 5.60 Å². The van der Waals surface area contributed by atoms with Gasteiger partial charge in [0.2, 0.25) is 11.6 Å². The molecule has 7 nitrogen and oxygen atoms in total. The molecule has 0 saturated carbocycles. The first-order chi connectivity index (χ1) is 9.80. The molecule has 0 aliphatic carbocycles. The van der Waals surface area contributed by atoms with Gasteiger partial charge in [0.25, 0.3) is 0 Å². The monoisotopic (exact) mass is 328 g/mol. The van der Waals surface area contributed by atoms with Gasteiger partial charge in [0, 0.05) is 33.1 Å². The van der Waals surface area contributed by atoms with Gasteiger partial charge in [0.15, 0.2) is 5.89 Å². The second-order valence-electron chi connectivity index (χ2n) is 5.95. The number of aryl methyl sites for hydroxylation is 1. The molecule has 0 aromatic carbocycles. The van der Waals surface area contributed by atoms with E-state index in [-0.39, 0.29) is 18.5 Å². The molecule has 0 spiro atoms. The maximum Gasteiger partial charge on any atom is 0.410 e. The van der Waals surface area contributed by atoms with Gasteiger partial charge >= 0.3 is 6.09 Å². The zero-order chi connectivity index (χ0) is 15.6. The average Bonchev–Trinajstić information content (AvgIpc) is 2.78. The average molecular weight is 329 g/mol. The standard InChI is InChI=1S/C14H20N4O3.ClH/c1-10-16-11(9-15)12(20-10)17-5-7-18(8-6-17)13(19)21-14(2,3)4;/h5-8H2,1-4H3;1H. The van der Waals surface area contributed by atoms with Crippen LogP contribution in [-0.4, -0.2) is 47.8 Å². The van der Waals surface area contributed by atoms with Crippen molar-refractivity contribution in [2.75, 3.05) is 31.1 Å². The van der Waals surface area contributed by atoms with Gasteiger partial charge in [-0.05, 0) is 20.8 Å². The molecule has 1 fully saturated rings. The molecular formula is C14H21ClN4O3. The van der Waals surface area contributed by atoms with Crippen LogP contribution in [0.2, 0.25) is 0 Å². The lowest BCUT2D eigenvalue weighted by Crippen LogP contribution is -2.50. The topological polar surface area (TPSA) is 82.6 Å². The van der Waals surface area contributed by atoms with Crippen LogP contribution in [0.15, 0.2) is 4.42 Å². The van der Waals surface area contributed by atoms with Gasteiger partial charge in [-0.25, -0.2) is 9.78 Å². The van der Waals surface area contributed by atoms with E-state index in [0.717, 1.165) is 0 Å². The smallest absolute Gasteiger partial charge is 0.410 e. The van der Waals surface area contributed by atoms with Gasteiger partial charge < -0.3 is 19.0 Å². The van der Waals surface area contributed by atoms with Crippen LogP contribution in [0.5, 0.6) is 0 Å². The highest BCUT2D eigenvalue weighted by molar-refractivity contribution is 5.85. The van der Waals surface area contributed by atoms with Crippen molar-refractivity contribution in [2.45, 2.75) is 33.3 Å². The summed E-state index contributed by atoms with van der Waals surface area (Å²) in [6.45, 7) is 9.47. The quantitative estimate of drug-likeness (QED) is 0.786. The van der Waals surface area contributed by atoms with E-state index in [1.165, 1.54) is 0 Å². The molecule has 2 rings (SSSR count). The summed E-state index contributed by atoms with van der Waals surface area (Å²) >= 11 is 0. The van der Waals surface area contributed by atoms with E-state index in [2.05, 4.69) is 4.98 Å². The first-order valence-corrected chi connectivity index (χ1v) is 6.90. The molecule has 0 atom stereocenters. The molecule has 1 aliphatic heterocycles. The number of ether oxygens (including phenoxy) is 1. The largest absolute Gasteiger partial charge is 0.444 e. The summed E-state index contributed by atoms with van der Waals surface area (Å²) in [6, 6.07) is 2.03. The lowest BCUT2D eigenvalue weighted by molar-refractivity contribution is 0.0239. The predicted octanol–water partition coefficient (Wildman–Crippen LogP) is 2.33. The summed E-state index contributed by atoms with van der Waals surface area (Å²) < 4.78 is 10.8. The third-order valence-corrected chi connectivity index (χ3v) is 3.04. The second-order valence-corrected chi connectivity index (χ2v) is 5.95. The Hall–Kier alpha value is -1.94. The molecule has 1 aromatic rings. The van der Waals surface area contributed by atoms with Gasteiger partial charge in [0.05, 0.1) is 0 Å². The van der Waals surface area contributed by atoms with E-state index in [4.69, 9.17) is 14.4 Å². The molecular weight excluding hydrogens is 308 g/mol. The van der Waals surface area contributed by atoms with Crippen LogP contribution in [0.3, 0.4) is 0 Å². The van der Waals surface area contributed by atoms with Crippen LogP contribution in [0, 0.1) is 18.3 Å². The van der Waals surface area contributed by atoms with Crippen LogP contribution in [0.4, 0.5) is 10.7 Å². The molecule has 1 amide bonds. The number of rotatable bonds is 1. The lowest BCUT2D eigenvalue weighted by Gasteiger charge is -2.35. The summed E-state index contributed by atoms with van der Waals surface area (Å²) in [5.41, 5.74) is -0.206. The van der Waals surface area contributed by atoms with Crippen LogP contribution >= 0.6 is 12.4 Å². The Balaban J connectivity index is 0.00000242. The highest BCUT2D eigenvalue weighted by atomic mass is 35.5. The maximum atomic E-state index is 12.0. The molecule has 122 valence electrons. The van der Waals surface area contributed by atoms with Crippen molar-refractivity contribution in [2.24, 2.45) is 0 Å². The second kappa shape index (κ2) is 6.88. The Morgan fingerprint density at radius 2 is 1.91 bits per heavy atom. The SMILES string of the molecule is Cc1nc(C#N)c(N2CCN(C(=O)OC(C)(C)C)CC2)o1.Cl. The van der Waals surface area contributed by atoms with Crippen molar-refractivity contribution in [3.8, 4) is 6.07 Å². The third kappa shape index (κ3) is 4.28. The number of piperazine rings is 1. The summed E-state index contributed by atoms with van der Waals surface area (Å²) in [6.07, 6.45) is -0.309. The van der Waals surface area contributed by atoms with Crippen molar-refractivity contribution >= 4 is 24.4 Å². The number of nitriles is 1. The fourth-order valence-electron chi connectivity index (χ4n) is 2.12. The van der Waals surface area contributed by atoms with Crippen LogP contribution < -0.4 is 4.90 Å². The van der Waals surface area contributed by atoms with E-state index in [1.54, 1.807) is 11.8 Å². The van der Waals surface area contributed by atoms with Crippen molar-refractivity contribution in [3.63, 3.8) is 0 Å². The van der Waals surface area contributed by atoms with Crippen molar-refractivity contribution in [1.82, 2.24) is 9.88 Å². The Bertz CT molecular complexity index is 566. The molecule has 8 heteroatoms. The molecule has 22 heavy (non-hydrogen) atoms. The van der Waals surface area contributed by atoms with Gasteiger partial charge in [-0.1, -0.05) is 0 Å². The van der Waals surface area contributed by atoms with Crippen LogP contribution in [0.25, 0.3) is 0 Å².